The van der Waals surface area contributed by atoms with Gasteiger partial charge in [0.25, 0.3) is 0 Å². The van der Waals surface area contributed by atoms with Gasteiger partial charge in [0.05, 0.1) is 0 Å². The zero-order chi connectivity index (χ0) is 7.85. The van der Waals surface area contributed by atoms with Crippen molar-refractivity contribution in [1.82, 2.24) is 4.72 Å². The summed E-state index contributed by atoms with van der Waals surface area (Å²) in [6, 6.07) is 0. The standard InChI is InChI=1S/C5H13NO3S/c1-2-6-10(7,8,9)5-3-4-5/h5H,2-4H2,1H3,(H3,6,7,8,9)/p-2. The van der Waals surface area contributed by atoms with Crippen LogP contribution in [-0.2, 0) is 9.81 Å². The fourth-order valence-corrected chi connectivity index (χ4v) is 2.56. The van der Waals surface area contributed by atoms with Crippen LogP contribution in [0.2, 0.25) is 0 Å². The van der Waals surface area contributed by atoms with E-state index in [1.807, 2.05) is 4.72 Å². The summed E-state index contributed by atoms with van der Waals surface area (Å²) in [5.41, 5.74) is 0. The molecule has 0 unspecified atom stereocenters. The highest BCUT2D eigenvalue weighted by Crippen LogP contribution is 2.37. The van der Waals surface area contributed by atoms with Crippen molar-refractivity contribution < 1.29 is 13.3 Å². The van der Waals surface area contributed by atoms with Crippen molar-refractivity contribution in [2.24, 2.45) is 0 Å². The molecule has 1 saturated carbocycles. The molecular formula is C5H11NO3S-2. The number of hydrogen-bond acceptors (Lipinski definition) is 3. The first-order valence-corrected chi connectivity index (χ1v) is 5.20. The maximum atomic E-state index is 10.9. The van der Waals surface area contributed by atoms with Gasteiger partial charge in [0, 0.05) is 11.8 Å². The third-order valence-electron chi connectivity index (χ3n) is 1.50. The molecule has 0 heterocycles. The lowest BCUT2D eigenvalue weighted by molar-refractivity contribution is 0.341. The van der Waals surface area contributed by atoms with E-state index in [9.17, 15) is 13.3 Å². The highest BCUT2D eigenvalue weighted by molar-refractivity contribution is 8.09. The molecule has 1 rings (SSSR count). The summed E-state index contributed by atoms with van der Waals surface area (Å²) in [5.74, 6) is 0. The van der Waals surface area contributed by atoms with Crippen LogP contribution in [0, 0.1) is 0 Å². The number of hydrogen-bond donors (Lipinski definition) is 1. The van der Waals surface area contributed by atoms with Crippen molar-refractivity contribution in [1.29, 1.82) is 0 Å². The van der Waals surface area contributed by atoms with Crippen molar-refractivity contribution in [3.63, 3.8) is 0 Å². The Hall–Kier alpha value is 0.0300. The molecular weight excluding hydrogens is 154 g/mol. The quantitative estimate of drug-likeness (QED) is 0.626. The second-order valence-electron chi connectivity index (χ2n) is 2.56. The topological polar surface area (TPSA) is 75.2 Å². The van der Waals surface area contributed by atoms with Crippen molar-refractivity contribution >= 4 is 9.81 Å². The van der Waals surface area contributed by atoms with Gasteiger partial charge in [0.1, 0.15) is 0 Å². The molecule has 0 atom stereocenters. The lowest BCUT2D eigenvalue weighted by atomic mass is 10.8. The van der Waals surface area contributed by atoms with E-state index >= 15 is 0 Å². The number of sulfonamides is 3. The minimum Gasteiger partial charge on any atom is -0.788 e. The smallest absolute Gasteiger partial charge is 0.00330 e. The monoisotopic (exact) mass is 165 g/mol. The third kappa shape index (κ3) is 1.54. The normalized spacial score (nSPS) is 23.7. The molecule has 1 N–H and O–H groups in total. The van der Waals surface area contributed by atoms with E-state index < -0.39 is 15.1 Å². The van der Waals surface area contributed by atoms with E-state index in [1.165, 1.54) is 0 Å². The fourth-order valence-electron chi connectivity index (χ4n) is 0.853. The minimum absolute atomic E-state index is 0.189. The molecule has 0 aromatic carbocycles. The highest BCUT2D eigenvalue weighted by Gasteiger charge is 2.33. The number of rotatable bonds is 3. The molecule has 0 aromatic heterocycles. The summed E-state index contributed by atoms with van der Waals surface area (Å²) >= 11 is 0. The zero-order valence-corrected chi connectivity index (χ0v) is 6.65. The van der Waals surface area contributed by atoms with Gasteiger partial charge >= 0.3 is 0 Å². The Bertz CT molecular complexity index is 193. The molecule has 0 saturated heterocycles. The predicted molar refractivity (Wildman–Crippen MR) is 36.4 cm³/mol. The Balaban J connectivity index is 2.68. The molecule has 0 aromatic rings. The molecule has 0 bridgehead atoms. The summed E-state index contributed by atoms with van der Waals surface area (Å²) in [5, 5.41) is -0.656. The summed E-state index contributed by atoms with van der Waals surface area (Å²) < 4.78 is 34.8. The fraction of sp³-hybridized carbons (Fsp3) is 1.00. The largest absolute Gasteiger partial charge is 0.788 e. The average Bonchev–Trinajstić information content (AvgIpc) is 2.38. The molecule has 0 aliphatic heterocycles. The van der Waals surface area contributed by atoms with E-state index in [0.29, 0.717) is 12.8 Å². The lowest BCUT2D eigenvalue weighted by Crippen LogP contribution is -2.50. The maximum absolute atomic E-state index is 10.9. The van der Waals surface area contributed by atoms with Crippen LogP contribution in [0.4, 0.5) is 0 Å². The third-order valence-corrected chi connectivity index (χ3v) is 3.93. The minimum atomic E-state index is -4.89. The van der Waals surface area contributed by atoms with Gasteiger partial charge in [0.15, 0.2) is 0 Å². The molecule has 1 aliphatic carbocycles. The molecule has 4 nitrogen and oxygen atoms in total. The molecule has 0 spiro atoms. The van der Waals surface area contributed by atoms with Crippen LogP contribution < -0.4 is 4.72 Å². The summed E-state index contributed by atoms with van der Waals surface area (Å²) in [7, 11) is -4.89. The molecule has 0 radical (unpaired) electrons. The van der Waals surface area contributed by atoms with Gasteiger partial charge in [0.2, 0.25) is 0 Å². The highest BCUT2D eigenvalue weighted by atomic mass is 32.3. The van der Waals surface area contributed by atoms with Crippen LogP contribution >= 0.6 is 0 Å². The van der Waals surface area contributed by atoms with E-state index in [2.05, 4.69) is 0 Å². The Morgan fingerprint density at radius 1 is 1.60 bits per heavy atom. The van der Waals surface area contributed by atoms with Crippen LogP contribution in [0.5, 0.6) is 0 Å². The predicted octanol–water partition coefficient (Wildman–Crippen LogP) is -0.246. The lowest BCUT2D eigenvalue weighted by Gasteiger charge is -2.56. The SMILES string of the molecule is CCNS(=O)([O-])([O-])C1CC1. The van der Waals surface area contributed by atoms with Gasteiger partial charge in [-0.2, -0.15) is 9.81 Å². The Morgan fingerprint density at radius 3 is 2.40 bits per heavy atom. The van der Waals surface area contributed by atoms with Gasteiger partial charge in [-0.25, -0.2) is 0 Å². The van der Waals surface area contributed by atoms with E-state index in [-0.39, 0.29) is 6.54 Å². The molecule has 1 fully saturated rings. The molecule has 10 heavy (non-hydrogen) atoms. The van der Waals surface area contributed by atoms with Gasteiger partial charge in [-0.15, -0.1) is 0 Å². The average molecular weight is 165 g/mol. The second kappa shape index (κ2) is 2.01. The van der Waals surface area contributed by atoms with Gasteiger partial charge in [-0.3, -0.25) is 8.93 Å². The Labute approximate surface area is 60.2 Å². The summed E-state index contributed by atoms with van der Waals surface area (Å²) in [4.78, 5) is 0. The molecule has 0 amide bonds. The van der Waals surface area contributed by atoms with E-state index in [0.717, 1.165) is 0 Å². The van der Waals surface area contributed by atoms with Crippen LogP contribution in [-0.4, -0.2) is 25.1 Å². The first-order valence-electron chi connectivity index (χ1n) is 3.32. The van der Waals surface area contributed by atoms with Crippen molar-refractivity contribution in [3.8, 4) is 0 Å². The van der Waals surface area contributed by atoms with Gasteiger partial charge < -0.3 is 9.11 Å². The zero-order valence-electron chi connectivity index (χ0n) is 5.83. The maximum Gasteiger partial charge on any atom is 0.00330 e. The second-order valence-corrected chi connectivity index (χ2v) is 5.23. The summed E-state index contributed by atoms with van der Waals surface area (Å²) in [6.45, 7) is 1.79. The first-order chi connectivity index (χ1) is 4.44. The first kappa shape index (κ1) is 8.13. The van der Waals surface area contributed by atoms with Crippen molar-refractivity contribution in [2.75, 3.05) is 6.54 Å². The molecule has 5 heteroatoms. The van der Waals surface area contributed by atoms with Gasteiger partial charge in [-0.05, 0) is 12.8 Å². The molecule has 1 aliphatic rings. The van der Waals surface area contributed by atoms with Crippen LogP contribution in [0.3, 0.4) is 0 Å². The van der Waals surface area contributed by atoms with Crippen LogP contribution in [0.15, 0.2) is 0 Å². The van der Waals surface area contributed by atoms with Crippen molar-refractivity contribution in [2.45, 2.75) is 25.0 Å². The van der Waals surface area contributed by atoms with E-state index in [1.54, 1.807) is 6.92 Å². The molecule has 62 valence electrons. The van der Waals surface area contributed by atoms with Crippen molar-refractivity contribution in [3.05, 3.63) is 0 Å². The Morgan fingerprint density at radius 2 is 2.10 bits per heavy atom. The van der Waals surface area contributed by atoms with E-state index in [4.69, 9.17) is 0 Å². The number of nitrogens with one attached hydrogen (secondary N) is 1. The Kier molecular flexibility index (Phi) is 1.63. The van der Waals surface area contributed by atoms with Crippen LogP contribution in [0.25, 0.3) is 0 Å². The summed E-state index contributed by atoms with van der Waals surface area (Å²) in [6.07, 6.45) is 1.04. The van der Waals surface area contributed by atoms with Gasteiger partial charge in [-0.1, -0.05) is 6.92 Å². The van der Waals surface area contributed by atoms with Crippen LogP contribution in [0.1, 0.15) is 19.8 Å².